The zero-order valence-corrected chi connectivity index (χ0v) is 19.8. The SMILES string of the molecule is O=c1c(-c2ccccc2)c(SCc2ccncc2)oc2cc(OCc3cccc([N+](=O)[O-])c3)ccc12. The Kier molecular flexibility index (Phi) is 6.77. The van der Waals surface area contributed by atoms with E-state index in [4.69, 9.17) is 9.15 Å². The van der Waals surface area contributed by atoms with Crippen LogP contribution in [0.1, 0.15) is 11.1 Å². The minimum Gasteiger partial charge on any atom is -0.489 e. The van der Waals surface area contributed by atoms with Crippen LogP contribution >= 0.6 is 11.8 Å². The third-order valence-corrected chi connectivity index (χ3v) is 6.57. The molecule has 0 aliphatic heterocycles. The van der Waals surface area contributed by atoms with Gasteiger partial charge >= 0.3 is 0 Å². The van der Waals surface area contributed by atoms with Crippen LogP contribution in [-0.4, -0.2) is 9.91 Å². The number of nitro benzene ring substituents is 1. The first-order valence-corrected chi connectivity index (χ1v) is 12.1. The Morgan fingerprint density at radius 2 is 1.72 bits per heavy atom. The van der Waals surface area contributed by atoms with Gasteiger partial charge in [0.05, 0.1) is 15.9 Å². The van der Waals surface area contributed by atoms with Crippen molar-refractivity contribution in [3.05, 3.63) is 129 Å². The summed E-state index contributed by atoms with van der Waals surface area (Å²) in [5, 5.41) is 12.0. The zero-order valence-electron chi connectivity index (χ0n) is 19.0. The lowest BCUT2D eigenvalue weighted by Gasteiger charge is -2.11. The van der Waals surface area contributed by atoms with E-state index in [0.29, 0.717) is 38.7 Å². The van der Waals surface area contributed by atoms with Gasteiger partial charge in [0.2, 0.25) is 5.43 Å². The number of pyridine rings is 1. The summed E-state index contributed by atoms with van der Waals surface area (Å²) >= 11 is 1.45. The molecule has 0 atom stereocenters. The standard InChI is InChI=1S/C28H20N2O5S/c31-27-24-10-9-23(34-17-20-5-4-8-22(15-20)30(32)33)16-25(24)35-28(26(27)21-6-2-1-3-7-21)36-18-19-11-13-29-14-12-19/h1-16H,17-18H2. The van der Waals surface area contributed by atoms with E-state index < -0.39 is 4.92 Å². The molecule has 0 unspecified atom stereocenters. The quantitative estimate of drug-likeness (QED) is 0.135. The number of non-ortho nitro benzene ring substituents is 1. The Labute approximate surface area is 210 Å². The van der Waals surface area contributed by atoms with Gasteiger partial charge in [0.1, 0.15) is 17.9 Å². The smallest absolute Gasteiger partial charge is 0.269 e. The lowest BCUT2D eigenvalue weighted by Crippen LogP contribution is -2.07. The molecule has 0 aliphatic rings. The average Bonchev–Trinajstić information content (AvgIpc) is 2.92. The van der Waals surface area contributed by atoms with Gasteiger partial charge in [-0.1, -0.05) is 54.2 Å². The summed E-state index contributed by atoms with van der Waals surface area (Å²) < 4.78 is 12.1. The van der Waals surface area contributed by atoms with Crippen LogP contribution < -0.4 is 10.2 Å². The number of ether oxygens (including phenoxy) is 1. The van der Waals surface area contributed by atoms with Gasteiger partial charge in [-0.05, 0) is 41.0 Å². The fraction of sp³-hybridized carbons (Fsp3) is 0.0714. The highest BCUT2D eigenvalue weighted by Gasteiger charge is 2.18. The molecule has 0 bridgehead atoms. The number of hydrogen-bond acceptors (Lipinski definition) is 7. The molecule has 5 rings (SSSR count). The van der Waals surface area contributed by atoms with Crippen LogP contribution in [0.3, 0.4) is 0 Å². The largest absolute Gasteiger partial charge is 0.489 e. The molecule has 8 heteroatoms. The summed E-state index contributed by atoms with van der Waals surface area (Å²) in [6, 6.07) is 24.7. The van der Waals surface area contributed by atoms with E-state index in [9.17, 15) is 14.9 Å². The topological polar surface area (TPSA) is 95.5 Å². The number of hydrogen-bond donors (Lipinski definition) is 0. The number of benzene rings is 3. The van der Waals surface area contributed by atoms with Crippen molar-refractivity contribution in [1.82, 2.24) is 4.98 Å². The number of nitrogens with zero attached hydrogens (tertiary/aromatic N) is 2. The Morgan fingerprint density at radius 3 is 2.50 bits per heavy atom. The number of rotatable bonds is 8. The summed E-state index contributed by atoms with van der Waals surface area (Å²) in [6.45, 7) is 0.142. The van der Waals surface area contributed by atoms with Gasteiger partial charge in [0.15, 0.2) is 5.09 Å². The van der Waals surface area contributed by atoms with Crippen molar-refractivity contribution in [3.8, 4) is 16.9 Å². The molecule has 5 aromatic rings. The molecule has 0 aliphatic carbocycles. The third-order valence-electron chi connectivity index (χ3n) is 5.54. The molecule has 0 saturated heterocycles. The van der Waals surface area contributed by atoms with E-state index in [1.165, 1.54) is 23.9 Å². The molecule has 178 valence electrons. The van der Waals surface area contributed by atoms with Crippen molar-refractivity contribution in [1.29, 1.82) is 0 Å². The highest BCUT2D eigenvalue weighted by atomic mass is 32.2. The van der Waals surface area contributed by atoms with Crippen molar-refractivity contribution in [2.24, 2.45) is 0 Å². The molecule has 0 spiro atoms. The number of aromatic nitrogens is 1. The highest BCUT2D eigenvalue weighted by molar-refractivity contribution is 7.98. The van der Waals surface area contributed by atoms with E-state index in [0.717, 1.165) is 11.1 Å². The molecule has 0 saturated carbocycles. The molecular formula is C28H20N2O5S. The predicted octanol–water partition coefficient (Wildman–Crippen LogP) is 6.63. The summed E-state index contributed by atoms with van der Waals surface area (Å²) in [7, 11) is 0. The highest BCUT2D eigenvalue weighted by Crippen LogP contribution is 2.34. The summed E-state index contributed by atoms with van der Waals surface area (Å²) in [4.78, 5) is 28.2. The Hall–Kier alpha value is -4.43. The normalized spacial score (nSPS) is 10.9. The first kappa shape index (κ1) is 23.3. The number of thioether (sulfide) groups is 1. The minimum atomic E-state index is -0.441. The van der Waals surface area contributed by atoms with E-state index in [1.807, 2.05) is 42.5 Å². The maximum absolute atomic E-state index is 13.6. The van der Waals surface area contributed by atoms with Gasteiger partial charge in [-0.3, -0.25) is 19.9 Å². The van der Waals surface area contributed by atoms with Crippen LogP contribution in [-0.2, 0) is 12.4 Å². The summed E-state index contributed by atoms with van der Waals surface area (Å²) in [6.07, 6.45) is 3.46. The predicted molar refractivity (Wildman–Crippen MR) is 139 cm³/mol. The number of fused-ring (bicyclic) bond motifs is 1. The van der Waals surface area contributed by atoms with Gasteiger partial charge in [-0.2, -0.15) is 0 Å². The second-order valence-electron chi connectivity index (χ2n) is 7.98. The summed E-state index contributed by atoms with van der Waals surface area (Å²) in [5.74, 6) is 1.11. The van der Waals surface area contributed by atoms with Gasteiger partial charge in [0, 0.05) is 36.3 Å². The fourth-order valence-corrected chi connectivity index (χ4v) is 4.75. The molecule has 2 aromatic heterocycles. The van der Waals surface area contributed by atoms with Gasteiger partial charge in [-0.15, -0.1) is 0 Å². The summed E-state index contributed by atoms with van der Waals surface area (Å²) in [5.41, 5.74) is 3.33. The second kappa shape index (κ2) is 10.5. The molecule has 7 nitrogen and oxygen atoms in total. The molecule has 0 fully saturated rings. The maximum Gasteiger partial charge on any atom is 0.269 e. The lowest BCUT2D eigenvalue weighted by molar-refractivity contribution is -0.384. The van der Waals surface area contributed by atoms with Crippen LogP contribution in [0.5, 0.6) is 5.75 Å². The van der Waals surface area contributed by atoms with Crippen LogP contribution in [0.15, 0.2) is 112 Å². The zero-order chi connectivity index (χ0) is 24.9. The van der Waals surface area contributed by atoms with Crippen LogP contribution in [0.25, 0.3) is 22.1 Å². The molecule has 3 aromatic carbocycles. The fourth-order valence-electron chi connectivity index (χ4n) is 3.75. The Bertz CT molecular complexity index is 1590. The van der Waals surface area contributed by atoms with Gasteiger partial charge in [-0.25, -0.2) is 0 Å². The third kappa shape index (κ3) is 5.13. The van der Waals surface area contributed by atoms with Crippen molar-refractivity contribution in [3.63, 3.8) is 0 Å². The first-order valence-electron chi connectivity index (χ1n) is 11.1. The van der Waals surface area contributed by atoms with E-state index in [2.05, 4.69) is 4.98 Å². The van der Waals surface area contributed by atoms with Crippen LogP contribution in [0, 0.1) is 10.1 Å². The molecule has 0 N–H and O–H groups in total. The van der Waals surface area contributed by atoms with Crippen molar-refractivity contribution >= 4 is 28.4 Å². The van der Waals surface area contributed by atoms with Gasteiger partial charge < -0.3 is 9.15 Å². The molecule has 0 amide bonds. The molecule has 0 radical (unpaired) electrons. The molecular weight excluding hydrogens is 476 g/mol. The lowest BCUT2D eigenvalue weighted by atomic mass is 10.1. The average molecular weight is 497 g/mol. The Morgan fingerprint density at radius 1 is 0.917 bits per heavy atom. The first-order chi connectivity index (χ1) is 17.6. The molecule has 2 heterocycles. The van der Waals surface area contributed by atoms with Crippen LogP contribution in [0.2, 0.25) is 0 Å². The Balaban J connectivity index is 1.49. The second-order valence-corrected chi connectivity index (χ2v) is 8.93. The van der Waals surface area contributed by atoms with E-state index in [-0.39, 0.29) is 17.7 Å². The monoisotopic (exact) mass is 496 g/mol. The number of nitro groups is 1. The maximum atomic E-state index is 13.6. The minimum absolute atomic E-state index is 0.00455. The van der Waals surface area contributed by atoms with Crippen molar-refractivity contribution < 1.29 is 14.1 Å². The van der Waals surface area contributed by atoms with Crippen LogP contribution in [0.4, 0.5) is 5.69 Å². The van der Waals surface area contributed by atoms with Crippen molar-refractivity contribution in [2.45, 2.75) is 17.5 Å². The van der Waals surface area contributed by atoms with E-state index >= 15 is 0 Å². The van der Waals surface area contributed by atoms with Crippen molar-refractivity contribution in [2.75, 3.05) is 0 Å². The van der Waals surface area contributed by atoms with E-state index in [1.54, 1.807) is 42.7 Å². The molecule has 36 heavy (non-hydrogen) atoms. The van der Waals surface area contributed by atoms with Gasteiger partial charge in [0.25, 0.3) is 5.69 Å².